The molecule has 0 bridgehead atoms. The van der Waals surface area contributed by atoms with E-state index in [1.807, 2.05) is 0 Å². The summed E-state index contributed by atoms with van der Waals surface area (Å²) < 4.78 is 5.86. The number of aliphatic hydroxyl groups excluding tert-OH is 3. The second kappa shape index (κ2) is 13.7. The highest BCUT2D eigenvalue weighted by molar-refractivity contribution is 8.18. The average molecular weight is 665 g/mol. The molecule has 0 unspecified atom stereocenters. The summed E-state index contributed by atoms with van der Waals surface area (Å²) in [6.45, 7) is 29.1. The zero-order valence-corrected chi connectivity index (χ0v) is 31.3. The second-order valence-electron chi connectivity index (χ2n) is 16.5. The highest BCUT2D eigenvalue weighted by atomic mass is 32.2. The largest absolute Gasteiger partial charge is 0.507 e. The Hall–Kier alpha value is -1.91. The van der Waals surface area contributed by atoms with Crippen molar-refractivity contribution in [2.24, 2.45) is 0 Å². The SMILES string of the molecule is CC(C)(Sc1cc(C(C)(C)C)c(O)c(C(C)(C)C)c1)Sc1cc(C(C)(C)C)c(OC[C@@H](O)[C@@H](O)[C@@H](O)C(=O)O)c(C(C)(C)C)c1. The number of carboxylic acid groups (broad SMARTS) is 1. The van der Waals surface area contributed by atoms with Gasteiger partial charge in [-0.15, -0.1) is 23.5 Å². The van der Waals surface area contributed by atoms with E-state index in [2.05, 4.69) is 121 Å². The summed E-state index contributed by atoms with van der Waals surface area (Å²) in [7, 11) is 0. The Labute approximate surface area is 279 Å². The summed E-state index contributed by atoms with van der Waals surface area (Å²) in [6.07, 6.45) is -5.63. The molecular weight excluding hydrogens is 609 g/mol. The summed E-state index contributed by atoms with van der Waals surface area (Å²) in [5, 5.41) is 50.6. The maximum atomic E-state index is 11.2. The number of phenols is 1. The third-order valence-corrected chi connectivity index (χ3v) is 9.90. The number of rotatable bonds is 10. The van der Waals surface area contributed by atoms with Crippen LogP contribution >= 0.6 is 23.5 Å². The van der Waals surface area contributed by atoms with Gasteiger partial charge in [0.2, 0.25) is 0 Å². The monoisotopic (exact) mass is 664 g/mol. The molecule has 0 spiro atoms. The molecule has 0 saturated heterocycles. The van der Waals surface area contributed by atoms with Gasteiger partial charge in [-0.3, -0.25) is 0 Å². The summed E-state index contributed by atoms with van der Waals surface area (Å²) in [4.78, 5) is 13.2. The molecule has 7 nitrogen and oxygen atoms in total. The van der Waals surface area contributed by atoms with E-state index in [1.165, 1.54) is 0 Å². The number of hydrogen-bond acceptors (Lipinski definition) is 8. The van der Waals surface area contributed by atoms with Crippen LogP contribution in [0.25, 0.3) is 0 Å². The topological polar surface area (TPSA) is 127 Å². The van der Waals surface area contributed by atoms with Crippen LogP contribution in [0.5, 0.6) is 11.5 Å². The fourth-order valence-electron chi connectivity index (χ4n) is 4.95. The Bertz CT molecular complexity index is 1290. The van der Waals surface area contributed by atoms with E-state index < -0.39 is 30.9 Å². The van der Waals surface area contributed by atoms with Gasteiger partial charge in [0.05, 0.1) is 4.08 Å². The van der Waals surface area contributed by atoms with Gasteiger partial charge < -0.3 is 30.3 Å². The van der Waals surface area contributed by atoms with Crippen molar-refractivity contribution < 1.29 is 35.1 Å². The summed E-state index contributed by atoms with van der Waals surface area (Å²) in [5.41, 5.74) is 2.50. The molecule has 0 aliphatic carbocycles. The molecule has 5 N–H and O–H groups in total. The lowest BCUT2D eigenvalue weighted by molar-refractivity contribution is -0.159. The normalized spacial score (nSPS) is 15.5. The first-order valence-corrected chi connectivity index (χ1v) is 17.0. The highest BCUT2D eigenvalue weighted by Gasteiger charge is 2.34. The van der Waals surface area contributed by atoms with Crippen molar-refractivity contribution in [3.63, 3.8) is 0 Å². The van der Waals surface area contributed by atoms with Crippen LogP contribution in [0.3, 0.4) is 0 Å². The fraction of sp³-hybridized carbons (Fsp3) is 0.639. The molecular formula is C36H56O7S2. The smallest absolute Gasteiger partial charge is 0.335 e. The molecule has 2 aromatic rings. The number of ether oxygens (including phenoxy) is 1. The predicted molar refractivity (Wildman–Crippen MR) is 186 cm³/mol. The zero-order valence-electron chi connectivity index (χ0n) is 29.6. The van der Waals surface area contributed by atoms with Gasteiger partial charge >= 0.3 is 5.97 Å². The lowest BCUT2D eigenvalue weighted by Gasteiger charge is -2.33. The minimum Gasteiger partial charge on any atom is -0.507 e. The van der Waals surface area contributed by atoms with Crippen molar-refractivity contribution in [1.29, 1.82) is 0 Å². The summed E-state index contributed by atoms with van der Waals surface area (Å²) in [5.74, 6) is -0.685. The maximum absolute atomic E-state index is 11.2. The molecule has 0 radical (unpaired) electrons. The van der Waals surface area contributed by atoms with Crippen LogP contribution in [-0.2, 0) is 26.5 Å². The first kappa shape index (κ1) is 39.3. The third kappa shape index (κ3) is 10.3. The lowest BCUT2D eigenvalue weighted by Crippen LogP contribution is -2.44. The molecule has 0 fully saturated rings. The molecule has 0 aliphatic heterocycles. The van der Waals surface area contributed by atoms with Gasteiger partial charge in [0.1, 0.15) is 30.3 Å². The van der Waals surface area contributed by atoms with E-state index in [1.54, 1.807) is 23.5 Å². The molecule has 0 amide bonds. The quantitative estimate of drug-likeness (QED) is 0.128. The van der Waals surface area contributed by atoms with Crippen molar-refractivity contribution in [3.8, 4) is 11.5 Å². The second-order valence-corrected chi connectivity index (χ2v) is 20.1. The third-order valence-electron chi connectivity index (χ3n) is 7.47. The number of aliphatic hydroxyl groups is 3. The van der Waals surface area contributed by atoms with Crippen LogP contribution in [0, 0.1) is 0 Å². The Morgan fingerprint density at radius 1 is 0.667 bits per heavy atom. The highest BCUT2D eigenvalue weighted by Crippen LogP contribution is 2.51. The van der Waals surface area contributed by atoms with Crippen LogP contribution in [0.1, 0.15) is 119 Å². The number of carboxylic acids is 1. The molecule has 254 valence electrons. The standard InChI is InChI=1S/C36H56O7S2/c1-32(2,3)22-15-20(16-23(27(22)38)33(4,5)6)44-36(13,14)45-21-17-24(34(7,8)9)30(25(18-21)35(10,11)12)43-19-26(37)28(39)29(40)31(41)42/h15-18,26,28-29,37-40H,19H2,1-14H3,(H,41,42)/t26-,28-,29-/m1/s1. The van der Waals surface area contributed by atoms with Gasteiger partial charge in [-0.05, 0) is 59.8 Å². The molecule has 3 atom stereocenters. The molecule has 2 aromatic carbocycles. The van der Waals surface area contributed by atoms with Crippen LogP contribution in [0.2, 0.25) is 0 Å². The maximum Gasteiger partial charge on any atom is 0.335 e. The number of phenolic OH excluding ortho intramolecular Hbond substituents is 1. The van der Waals surface area contributed by atoms with Crippen molar-refractivity contribution in [1.82, 2.24) is 0 Å². The Morgan fingerprint density at radius 2 is 1.00 bits per heavy atom. The molecule has 45 heavy (non-hydrogen) atoms. The van der Waals surface area contributed by atoms with E-state index in [4.69, 9.17) is 9.84 Å². The van der Waals surface area contributed by atoms with Gasteiger partial charge in [-0.1, -0.05) is 83.1 Å². The van der Waals surface area contributed by atoms with Crippen molar-refractivity contribution in [3.05, 3.63) is 46.5 Å². The molecule has 9 heteroatoms. The first-order valence-electron chi connectivity index (χ1n) is 15.4. The van der Waals surface area contributed by atoms with Crippen LogP contribution in [-0.4, -0.2) is 60.5 Å². The molecule has 0 saturated carbocycles. The number of thioether (sulfide) groups is 2. The van der Waals surface area contributed by atoms with E-state index in [0.717, 1.165) is 32.0 Å². The van der Waals surface area contributed by atoms with Gasteiger partial charge in [-0.2, -0.15) is 0 Å². The number of benzene rings is 2. The molecule has 2 rings (SSSR count). The van der Waals surface area contributed by atoms with E-state index in [9.17, 15) is 25.2 Å². The minimum absolute atomic E-state index is 0.230. The molecule has 0 aromatic heterocycles. The number of aromatic hydroxyl groups is 1. The fourth-order valence-corrected chi connectivity index (χ4v) is 7.54. The zero-order chi connectivity index (χ0) is 35.1. The van der Waals surface area contributed by atoms with Crippen LogP contribution in [0.15, 0.2) is 34.1 Å². The Balaban J connectivity index is 2.58. The average Bonchev–Trinajstić information content (AvgIpc) is 2.84. The van der Waals surface area contributed by atoms with E-state index >= 15 is 0 Å². The van der Waals surface area contributed by atoms with E-state index in [0.29, 0.717) is 11.5 Å². The molecule has 0 heterocycles. The van der Waals surface area contributed by atoms with Crippen LogP contribution in [0.4, 0.5) is 0 Å². The number of aliphatic carboxylic acids is 1. The van der Waals surface area contributed by atoms with E-state index in [-0.39, 0.29) is 25.7 Å². The van der Waals surface area contributed by atoms with Gasteiger partial charge in [-0.25, -0.2) is 4.79 Å². The van der Waals surface area contributed by atoms with Crippen molar-refractivity contribution in [2.45, 2.75) is 151 Å². The van der Waals surface area contributed by atoms with Crippen molar-refractivity contribution >= 4 is 29.5 Å². The lowest BCUT2D eigenvalue weighted by atomic mass is 9.79. The Morgan fingerprint density at radius 3 is 1.31 bits per heavy atom. The first-order chi connectivity index (χ1) is 20.1. The van der Waals surface area contributed by atoms with Crippen LogP contribution < -0.4 is 4.74 Å². The predicted octanol–water partition coefficient (Wildman–Crippen LogP) is 7.75. The number of carbonyl (C=O) groups is 1. The van der Waals surface area contributed by atoms with Crippen molar-refractivity contribution in [2.75, 3.05) is 6.61 Å². The summed E-state index contributed by atoms with van der Waals surface area (Å²) in [6, 6.07) is 8.42. The van der Waals surface area contributed by atoms with Gasteiger partial charge in [0, 0.05) is 32.0 Å². The summed E-state index contributed by atoms with van der Waals surface area (Å²) >= 11 is 3.49. The van der Waals surface area contributed by atoms with Gasteiger partial charge in [0.25, 0.3) is 0 Å². The Kier molecular flexibility index (Phi) is 11.9. The molecule has 0 aliphatic rings. The number of hydrogen-bond donors (Lipinski definition) is 5. The minimum atomic E-state index is -2.13. The van der Waals surface area contributed by atoms with Gasteiger partial charge in [0.15, 0.2) is 6.10 Å².